The molecule has 0 heterocycles. The smallest absolute Gasteiger partial charge is 0.151 e. The van der Waals surface area contributed by atoms with Crippen LogP contribution in [0.2, 0.25) is 0 Å². The topological polar surface area (TPSA) is 17.1 Å². The molecule has 1 nitrogen and oxygen atoms in total. The first-order chi connectivity index (χ1) is 8.33. The van der Waals surface area contributed by atoms with Gasteiger partial charge in [-0.2, -0.15) is 0 Å². The van der Waals surface area contributed by atoms with Crippen LogP contribution in [0.3, 0.4) is 0 Å². The lowest BCUT2D eigenvalue weighted by molar-refractivity contribution is 0.112. The summed E-state index contributed by atoms with van der Waals surface area (Å²) in [5.74, 6) is 0. The van der Waals surface area contributed by atoms with Gasteiger partial charge in [0.1, 0.15) is 0 Å². The minimum atomic E-state index is 0.776. The molecule has 0 radical (unpaired) electrons. The quantitative estimate of drug-likeness (QED) is 0.747. The van der Waals surface area contributed by atoms with Crippen molar-refractivity contribution in [3.63, 3.8) is 0 Å². The first-order valence-electron chi connectivity index (χ1n) is 5.64. The van der Waals surface area contributed by atoms with E-state index in [2.05, 4.69) is 13.0 Å². The predicted molar refractivity (Wildman–Crippen MR) is 71.8 cm³/mol. The first kappa shape index (κ1) is 11.9. The lowest BCUT2D eigenvalue weighted by Crippen LogP contribution is -1.89. The number of carbonyl (C=O) groups is 1. The van der Waals surface area contributed by atoms with E-state index in [1.807, 2.05) is 42.5 Å². The van der Waals surface area contributed by atoms with Gasteiger partial charge < -0.3 is 0 Å². The van der Waals surface area contributed by atoms with Crippen molar-refractivity contribution in [2.24, 2.45) is 0 Å². The van der Waals surface area contributed by atoms with Crippen molar-refractivity contribution in [3.05, 3.63) is 59.7 Å². The van der Waals surface area contributed by atoms with E-state index in [1.54, 1.807) is 11.8 Å². The highest BCUT2D eigenvalue weighted by molar-refractivity contribution is 7.99. The molecular weight excluding hydrogens is 228 g/mol. The van der Waals surface area contributed by atoms with Gasteiger partial charge in [-0.05, 0) is 36.2 Å². The number of benzene rings is 2. The van der Waals surface area contributed by atoms with Gasteiger partial charge >= 0.3 is 0 Å². The van der Waals surface area contributed by atoms with Crippen molar-refractivity contribution in [1.29, 1.82) is 0 Å². The molecule has 86 valence electrons. The van der Waals surface area contributed by atoms with Gasteiger partial charge in [0.25, 0.3) is 0 Å². The van der Waals surface area contributed by atoms with Crippen LogP contribution < -0.4 is 0 Å². The Hall–Kier alpha value is -1.54. The molecule has 0 aromatic heterocycles. The monoisotopic (exact) mass is 242 g/mol. The van der Waals surface area contributed by atoms with Crippen LogP contribution in [0.15, 0.2) is 58.3 Å². The van der Waals surface area contributed by atoms with Gasteiger partial charge in [-0.25, -0.2) is 0 Å². The molecule has 0 saturated carbocycles. The summed E-state index contributed by atoms with van der Waals surface area (Å²) in [4.78, 5) is 13.2. The van der Waals surface area contributed by atoms with E-state index in [4.69, 9.17) is 0 Å². The van der Waals surface area contributed by atoms with E-state index >= 15 is 0 Å². The highest BCUT2D eigenvalue weighted by Crippen LogP contribution is 2.30. The lowest BCUT2D eigenvalue weighted by Gasteiger charge is -2.06. The first-order valence-corrected chi connectivity index (χ1v) is 6.46. The summed E-state index contributed by atoms with van der Waals surface area (Å²) >= 11 is 1.63. The van der Waals surface area contributed by atoms with Gasteiger partial charge in [0.05, 0.1) is 0 Å². The van der Waals surface area contributed by atoms with Crippen LogP contribution in [0.4, 0.5) is 0 Å². The normalized spacial score (nSPS) is 10.2. The van der Waals surface area contributed by atoms with Gasteiger partial charge in [0.15, 0.2) is 6.29 Å². The predicted octanol–water partition coefficient (Wildman–Crippen LogP) is 4.21. The van der Waals surface area contributed by atoms with Crippen LogP contribution >= 0.6 is 11.8 Å². The van der Waals surface area contributed by atoms with Crippen molar-refractivity contribution in [2.45, 2.75) is 23.1 Å². The van der Waals surface area contributed by atoms with E-state index in [0.717, 1.165) is 28.1 Å². The second kappa shape index (κ2) is 5.69. The average Bonchev–Trinajstić information content (AvgIpc) is 2.40. The minimum absolute atomic E-state index is 0.776. The Balaban J connectivity index is 2.30. The molecule has 2 rings (SSSR count). The van der Waals surface area contributed by atoms with Crippen LogP contribution in [-0.2, 0) is 6.42 Å². The number of carbonyl (C=O) groups excluding carboxylic acids is 1. The third-order valence-corrected chi connectivity index (χ3v) is 3.68. The van der Waals surface area contributed by atoms with Crippen LogP contribution in [0, 0.1) is 0 Å². The summed E-state index contributed by atoms with van der Waals surface area (Å²) in [6.45, 7) is 2.09. The second-order valence-electron chi connectivity index (χ2n) is 3.76. The summed E-state index contributed by atoms with van der Waals surface area (Å²) in [5, 5.41) is 0. The van der Waals surface area contributed by atoms with Gasteiger partial charge in [-0.15, -0.1) is 0 Å². The van der Waals surface area contributed by atoms with Crippen molar-refractivity contribution in [1.82, 2.24) is 0 Å². The number of rotatable bonds is 4. The highest BCUT2D eigenvalue weighted by Gasteiger charge is 2.04. The molecule has 0 bridgehead atoms. The zero-order chi connectivity index (χ0) is 12.1. The Morgan fingerprint density at radius 2 is 1.88 bits per heavy atom. The number of hydrogen-bond acceptors (Lipinski definition) is 2. The van der Waals surface area contributed by atoms with Crippen molar-refractivity contribution in [3.8, 4) is 0 Å². The van der Waals surface area contributed by atoms with Gasteiger partial charge in [0.2, 0.25) is 0 Å². The van der Waals surface area contributed by atoms with Crippen molar-refractivity contribution >= 4 is 18.0 Å². The maximum Gasteiger partial charge on any atom is 0.151 e. The van der Waals surface area contributed by atoms with Crippen molar-refractivity contribution in [2.75, 3.05) is 0 Å². The summed E-state index contributed by atoms with van der Waals surface area (Å²) in [6, 6.07) is 16.2. The van der Waals surface area contributed by atoms with Crippen LogP contribution in [0.25, 0.3) is 0 Å². The van der Waals surface area contributed by atoms with Gasteiger partial charge in [0, 0.05) is 15.4 Å². The molecule has 0 saturated heterocycles. The van der Waals surface area contributed by atoms with Gasteiger partial charge in [-0.3, -0.25) is 4.79 Å². The zero-order valence-electron chi connectivity index (χ0n) is 9.72. The Morgan fingerprint density at radius 3 is 2.53 bits per heavy atom. The molecule has 0 atom stereocenters. The van der Waals surface area contributed by atoms with Crippen LogP contribution in [-0.4, -0.2) is 6.29 Å². The maximum absolute atomic E-state index is 11.1. The molecule has 2 aromatic rings. The fourth-order valence-corrected chi connectivity index (χ4v) is 2.53. The molecule has 0 aliphatic rings. The average molecular weight is 242 g/mol. The molecule has 0 N–H and O–H groups in total. The molecule has 2 aromatic carbocycles. The van der Waals surface area contributed by atoms with E-state index in [9.17, 15) is 4.79 Å². The number of aldehydes is 1. The lowest BCUT2D eigenvalue weighted by atomic mass is 10.1. The molecule has 0 aliphatic heterocycles. The SMILES string of the molecule is CCc1ccc(Sc2ccccc2)c(C=O)c1. The van der Waals surface area contributed by atoms with Crippen LogP contribution in [0.5, 0.6) is 0 Å². The Morgan fingerprint density at radius 1 is 1.12 bits per heavy atom. The number of aryl methyl sites for hydroxylation is 1. The summed E-state index contributed by atoms with van der Waals surface area (Å²) in [7, 11) is 0. The second-order valence-corrected chi connectivity index (χ2v) is 4.87. The summed E-state index contributed by atoms with van der Waals surface area (Å²) in [5.41, 5.74) is 1.97. The molecule has 0 unspecified atom stereocenters. The third-order valence-electron chi connectivity index (χ3n) is 2.58. The zero-order valence-corrected chi connectivity index (χ0v) is 10.5. The molecule has 17 heavy (non-hydrogen) atoms. The minimum Gasteiger partial charge on any atom is -0.298 e. The molecule has 0 aliphatic carbocycles. The largest absolute Gasteiger partial charge is 0.298 e. The standard InChI is InChI=1S/C15H14OS/c1-2-12-8-9-15(13(10-12)11-16)17-14-6-4-3-5-7-14/h3-11H,2H2,1H3. The highest BCUT2D eigenvalue weighted by atomic mass is 32.2. The fourth-order valence-electron chi connectivity index (χ4n) is 1.62. The van der Waals surface area contributed by atoms with Gasteiger partial charge in [-0.1, -0.05) is 43.0 Å². The maximum atomic E-state index is 11.1. The summed E-state index contributed by atoms with van der Waals surface area (Å²) < 4.78 is 0. The van der Waals surface area contributed by atoms with Crippen LogP contribution in [0.1, 0.15) is 22.8 Å². The Kier molecular flexibility index (Phi) is 3.99. The van der Waals surface area contributed by atoms with E-state index < -0.39 is 0 Å². The van der Waals surface area contributed by atoms with E-state index in [-0.39, 0.29) is 0 Å². The Bertz CT molecular complexity index is 506. The summed E-state index contributed by atoms with van der Waals surface area (Å²) in [6.07, 6.45) is 1.89. The Labute approximate surface area is 106 Å². The third kappa shape index (κ3) is 2.98. The molecule has 0 fully saturated rings. The number of hydrogen-bond donors (Lipinski definition) is 0. The fraction of sp³-hybridized carbons (Fsp3) is 0.133. The molecular formula is C15H14OS. The van der Waals surface area contributed by atoms with E-state index in [1.165, 1.54) is 5.56 Å². The van der Waals surface area contributed by atoms with Crippen molar-refractivity contribution < 1.29 is 4.79 Å². The molecule has 2 heteroatoms. The molecule has 0 spiro atoms. The molecule has 0 amide bonds. The van der Waals surface area contributed by atoms with E-state index in [0.29, 0.717) is 0 Å².